The molecular formula is C39H52ClN3O7S. The van der Waals surface area contributed by atoms with E-state index in [2.05, 4.69) is 32.7 Å². The summed E-state index contributed by atoms with van der Waals surface area (Å²) in [5.74, 6) is 0.693. The number of methoxy groups -OCH3 is 1. The second-order valence-corrected chi connectivity index (χ2v) is 17.3. The van der Waals surface area contributed by atoms with Gasteiger partial charge in [0.05, 0.1) is 44.3 Å². The number of anilines is 1. The molecule has 2 bridgehead atoms. The van der Waals surface area contributed by atoms with Crippen LogP contribution >= 0.6 is 11.6 Å². The van der Waals surface area contributed by atoms with Crippen molar-refractivity contribution in [3.05, 3.63) is 70.3 Å². The van der Waals surface area contributed by atoms with Gasteiger partial charge >= 0.3 is 0 Å². The lowest BCUT2D eigenvalue weighted by Gasteiger charge is -2.46. The molecule has 3 aliphatic heterocycles. The molecule has 2 aliphatic carbocycles. The molecule has 0 aromatic heterocycles. The van der Waals surface area contributed by atoms with Crippen molar-refractivity contribution in [2.24, 2.45) is 11.8 Å². The highest BCUT2D eigenvalue weighted by molar-refractivity contribution is 7.90. The minimum Gasteiger partial charge on any atom is -0.490 e. The normalized spacial score (nSPS) is 31.7. The molecule has 1 saturated carbocycles. The number of ether oxygens (including phenoxy) is 4. The van der Waals surface area contributed by atoms with Crippen molar-refractivity contribution in [2.75, 3.05) is 71.2 Å². The Kier molecular flexibility index (Phi) is 11.3. The Balaban J connectivity index is 1.25. The van der Waals surface area contributed by atoms with Gasteiger partial charge in [-0.05, 0) is 98.2 Å². The maximum absolute atomic E-state index is 13.7. The van der Waals surface area contributed by atoms with Crippen molar-refractivity contribution in [1.82, 2.24) is 9.62 Å². The minimum atomic E-state index is -4.07. The van der Waals surface area contributed by atoms with Crippen LogP contribution in [0.4, 0.5) is 5.69 Å². The largest absolute Gasteiger partial charge is 0.490 e. The molecule has 1 amide bonds. The number of nitrogens with zero attached hydrogens (tertiary/aromatic N) is 2. The van der Waals surface area contributed by atoms with Crippen molar-refractivity contribution in [2.45, 2.75) is 74.7 Å². The maximum Gasteiger partial charge on any atom is 0.264 e. The number of hydrogen-bond donors (Lipinski definition) is 1. The summed E-state index contributed by atoms with van der Waals surface area (Å²) in [6.45, 7) is 8.55. The first-order valence-corrected chi connectivity index (χ1v) is 20.6. The first kappa shape index (κ1) is 36.7. The Morgan fingerprint density at radius 2 is 1.96 bits per heavy atom. The molecular weight excluding hydrogens is 690 g/mol. The van der Waals surface area contributed by atoms with Gasteiger partial charge in [-0.2, -0.15) is 0 Å². The second kappa shape index (κ2) is 15.7. The highest BCUT2D eigenvalue weighted by atomic mass is 35.5. The number of morpholine rings is 1. The summed E-state index contributed by atoms with van der Waals surface area (Å²) >= 11 is 6.47. The molecule has 0 unspecified atom stereocenters. The Hall–Kier alpha value is -2.67. The van der Waals surface area contributed by atoms with Crippen LogP contribution in [0.25, 0.3) is 0 Å². The Morgan fingerprint density at radius 3 is 2.73 bits per heavy atom. The highest BCUT2D eigenvalue weighted by Crippen LogP contribution is 2.47. The van der Waals surface area contributed by atoms with Crippen LogP contribution in [0.2, 0.25) is 5.02 Å². The van der Waals surface area contributed by atoms with Crippen molar-refractivity contribution in [3.8, 4) is 5.75 Å². The van der Waals surface area contributed by atoms with E-state index in [9.17, 15) is 13.2 Å². The summed E-state index contributed by atoms with van der Waals surface area (Å²) in [7, 11) is -2.54. The van der Waals surface area contributed by atoms with Gasteiger partial charge in [0.15, 0.2) is 0 Å². The fourth-order valence-electron chi connectivity index (χ4n) is 8.95. The van der Waals surface area contributed by atoms with E-state index in [4.69, 9.17) is 30.5 Å². The highest BCUT2D eigenvalue weighted by Gasteiger charge is 2.45. The number of halogens is 1. The zero-order chi connectivity index (χ0) is 35.6. The predicted octanol–water partition coefficient (Wildman–Crippen LogP) is 5.37. The average Bonchev–Trinajstić information content (AvgIpc) is 3.26. The SMILES string of the molecule is CC[C@@H]1[C@H](OC)C/C=C\[C@H](OCCN2CCOCC2)[C@@H]2CC[C@H]2CN2C[C@@]3(CCCc4cc(Cl)ccc43)COc3ccc(cc32)C(=O)NS1(=O)=O. The number of carbonyl (C=O) groups is 1. The van der Waals surface area contributed by atoms with Gasteiger partial charge in [-0.3, -0.25) is 9.69 Å². The molecule has 3 heterocycles. The van der Waals surface area contributed by atoms with Gasteiger partial charge in [0.25, 0.3) is 5.91 Å². The van der Waals surface area contributed by atoms with Crippen LogP contribution in [0.5, 0.6) is 5.75 Å². The first-order valence-electron chi connectivity index (χ1n) is 18.7. The fourth-order valence-corrected chi connectivity index (χ4v) is 10.7. The number of benzene rings is 2. The summed E-state index contributed by atoms with van der Waals surface area (Å²) in [5, 5.41) is -0.173. The summed E-state index contributed by atoms with van der Waals surface area (Å²) in [5.41, 5.74) is 3.38. The van der Waals surface area contributed by atoms with E-state index in [0.29, 0.717) is 44.3 Å². The summed E-state index contributed by atoms with van der Waals surface area (Å²) < 4.78 is 54.5. The average molecular weight is 742 g/mol. The van der Waals surface area contributed by atoms with Crippen molar-refractivity contribution in [3.63, 3.8) is 0 Å². The van der Waals surface area contributed by atoms with Crippen molar-refractivity contribution in [1.29, 1.82) is 0 Å². The Labute approximate surface area is 307 Å². The van der Waals surface area contributed by atoms with E-state index in [1.54, 1.807) is 6.07 Å². The van der Waals surface area contributed by atoms with Gasteiger partial charge < -0.3 is 23.8 Å². The number of carbonyl (C=O) groups excluding carboxylic acids is 1. The van der Waals surface area contributed by atoms with Gasteiger partial charge in [-0.25, -0.2) is 13.1 Å². The van der Waals surface area contributed by atoms with E-state index < -0.39 is 27.3 Å². The van der Waals surface area contributed by atoms with E-state index >= 15 is 0 Å². The molecule has 51 heavy (non-hydrogen) atoms. The molecule has 12 heteroatoms. The third-order valence-corrected chi connectivity index (χ3v) is 14.1. The van der Waals surface area contributed by atoms with Gasteiger partial charge in [-0.1, -0.05) is 36.7 Å². The number of rotatable bonds is 6. The molecule has 0 radical (unpaired) electrons. The van der Waals surface area contributed by atoms with Crippen LogP contribution < -0.4 is 14.4 Å². The molecule has 1 saturated heterocycles. The number of sulfonamides is 1. The molecule has 5 aliphatic rings. The van der Waals surface area contributed by atoms with Crippen LogP contribution in [0.15, 0.2) is 48.6 Å². The third-order valence-electron chi connectivity index (χ3n) is 11.9. The van der Waals surface area contributed by atoms with Gasteiger partial charge in [0.2, 0.25) is 10.0 Å². The summed E-state index contributed by atoms with van der Waals surface area (Å²) in [4.78, 5) is 18.5. The predicted molar refractivity (Wildman–Crippen MR) is 198 cm³/mol. The second-order valence-electron chi connectivity index (χ2n) is 14.9. The maximum atomic E-state index is 13.7. The summed E-state index contributed by atoms with van der Waals surface area (Å²) in [6, 6.07) is 11.6. The lowest BCUT2D eigenvalue weighted by molar-refractivity contribution is -0.0315. The zero-order valence-corrected chi connectivity index (χ0v) is 31.4. The monoisotopic (exact) mass is 741 g/mol. The van der Waals surface area contributed by atoms with E-state index in [0.717, 1.165) is 82.2 Å². The van der Waals surface area contributed by atoms with Crippen LogP contribution in [-0.4, -0.2) is 103 Å². The zero-order valence-electron chi connectivity index (χ0n) is 29.9. The topological polar surface area (TPSA) is 107 Å². The number of aryl methyl sites for hydroxylation is 1. The standard InChI is InChI=1S/C39H52ClN3O7S/c1-3-37-36(47-2)8-4-7-34(49-21-18-42-16-19-48-20-17-42)31-12-9-29(31)24-43-25-39(15-5-6-27-22-30(40)11-13-32(27)39)26-50-35-14-10-28(23-33(35)43)38(44)41-51(37,45)46/h4,7,10-11,13-14,22-23,29,31,34,36-37H,3,5-6,8-9,12,15-21,24-26H2,1-2H3,(H,41,44)/b7-4-/t29-,31+,34-,36+,37+,39-/m0/s1. The van der Waals surface area contributed by atoms with Crippen LogP contribution in [-0.2, 0) is 36.1 Å². The minimum absolute atomic E-state index is 0.118. The van der Waals surface area contributed by atoms with Gasteiger partial charge in [0.1, 0.15) is 11.0 Å². The molecule has 278 valence electrons. The van der Waals surface area contributed by atoms with Crippen molar-refractivity contribution < 1.29 is 32.2 Å². The van der Waals surface area contributed by atoms with Gasteiger partial charge in [-0.15, -0.1) is 0 Å². The van der Waals surface area contributed by atoms with E-state index in [1.165, 1.54) is 18.2 Å². The lowest BCUT2D eigenvalue weighted by atomic mass is 9.68. The molecule has 2 fully saturated rings. The van der Waals surface area contributed by atoms with Crippen molar-refractivity contribution >= 4 is 33.2 Å². The molecule has 10 nitrogen and oxygen atoms in total. The molecule has 6 atom stereocenters. The Morgan fingerprint density at radius 1 is 1.12 bits per heavy atom. The Bertz CT molecular complexity index is 1700. The van der Waals surface area contributed by atoms with Crippen LogP contribution in [0.3, 0.4) is 0 Å². The molecule has 1 N–H and O–H groups in total. The number of nitrogens with one attached hydrogen (secondary N) is 1. The molecule has 1 spiro atoms. The molecule has 2 aromatic carbocycles. The number of fused-ring (bicyclic) bond motifs is 4. The smallest absolute Gasteiger partial charge is 0.264 e. The van der Waals surface area contributed by atoms with Crippen LogP contribution in [0, 0.1) is 11.8 Å². The lowest BCUT2D eigenvalue weighted by Crippen LogP contribution is -2.50. The number of hydrogen-bond acceptors (Lipinski definition) is 9. The molecule has 7 rings (SSSR count). The third kappa shape index (κ3) is 7.85. The fraction of sp³-hybridized carbons (Fsp3) is 0.615. The quantitative estimate of drug-likeness (QED) is 0.392. The number of amides is 1. The summed E-state index contributed by atoms with van der Waals surface area (Å²) in [6.07, 6.45) is 9.19. The van der Waals surface area contributed by atoms with Crippen LogP contribution in [0.1, 0.15) is 66.9 Å². The van der Waals surface area contributed by atoms with E-state index in [1.807, 2.05) is 31.2 Å². The first-order chi connectivity index (χ1) is 24.7. The van der Waals surface area contributed by atoms with E-state index in [-0.39, 0.29) is 23.0 Å². The van der Waals surface area contributed by atoms with Gasteiger partial charge in [0, 0.05) is 55.8 Å². The molecule has 2 aromatic rings.